The molecule has 0 bridgehead atoms. The molecule has 5 nitrogen and oxygen atoms in total. The fraction of sp³-hybridized carbons (Fsp3) is 0.308. The predicted molar refractivity (Wildman–Crippen MR) is 72.8 cm³/mol. The highest BCUT2D eigenvalue weighted by atomic mass is 32.2. The molecule has 0 heterocycles. The lowest BCUT2D eigenvalue weighted by Gasteiger charge is -2.20. The fourth-order valence-corrected chi connectivity index (χ4v) is 3.36. The lowest BCUT2D eigenvalue weighted by atomic mass is 10.1. The van der Waals surface area contributed by atoms with Crippen LogP contribution in [0.2, 0.25) is 0 Å². The molecule has 1 aromatic carbocycles. The van der Waals surface area contributed by atoms with Crippen LogP contribution in [0, 0.1) is 6.92 Å². The minimum absolute atomic E-state index is 0.0242. The molecule has 104 valence electrons. The first kappa shape index (κ1) is 15.4. The Hall–Kier alpha value is -1.66. The van der Waals surface area contributed by atoms with E-state index in [1.165, 1.54) is 28.6 Å². The zero-order valence-corrected chi connectivity index (χ0v) is 11.8. The molecule has 0 aliphatic carbocycles. The molecular weight excluding hydrogens is 266 g/mol. The number of nitrogens with zero attached hydrogens (tertiary/aromatic N) is 1. The van der Waals surface area contributed by atoms with E-state index in [4.69, 9.17) is 5.11 Å². The number of sulfonamides is 1. The zero-order valence-electron chi connectivity index (χ0n) is 11.0. The Balaban J connectivity index is 3.38. The quantitative estimate of drug-likeness (QED) is 0.809. The highest BCUT2D eigenvalue weighted by Crippen LogP contribution is 2.21. The normalized spacial score (nSPS) is 11.5. The van der Waals surface area contributed by atoms with Crippen molar-refractivity contribution < 1.29 is 18.3 Å². The van der Waals surface area contributed by atoms with Crippen molar-refractivity contribution in [2.75, 3.05) is 13.1 Å². The molecule has 0 aliphatic rings. The summed E-state index contributed by atoms with van der Waals surface area (Å²) in [6.07, 6.45) is 1.50. The van der Waals surface area contributed by atoms with Crippen molar-refractivity contribution in [2.24, 2.45) is 0 Å². The summed E-state index contributed by atoms with van der Waals surface area (Å²) in [6, 6.07) is 4.08. The van der Waals surface area contributed by atoms with Crippen LogP contribution in [-0.2, 0) is 10.0 Å². The van der Waals surface area contributed by atoms with Gasteiger partial charge in [-0.05, 0) is 24.6 Å². The smallest absolute Gasteiger partial charge is 0.335 e. The summed E-state index contributed by atoms with van der Waals surface area (Å²) in [5.74, 6) is -1.15. The first-order chi connectivity index (χ1) is 8.84. The zero-order chi connectivity index (χ0) is 14.6. The molecule has 0 radical (unpaired) electrons. The molecule has 19 heavy (non-hydrogen) atoms. The number of hydrogen-bond donors (Lipinski definition) is 1. The van der Waals surface area contributed by atoms with E-state index in [1.807, 2.05) is 0 Å². The van der Waals surface area contributed by atoms with E-state index in [9.17, 15) is 13.2 Å². The molecule has 1 aromatic rings. The SMILES string of the molecule is C=CCN(CC)S(=O)(=O)c1cc(C(=O)O)ccc1C. The number of carboxylic acid groups (broad SMARTS) is 1. The molecule has 0 saturated carbocycles. The monoisotopic (exact) mass is 283 g/mol. The van der Waals surface area contributed by atoms with E-state index in [0.717, 1.165) is 0 Å². The van der Waals surface area contributed by atoms with Gasteiger partial charge in [-0.2, -0.15) is 4.31 Å². The minimum atomic E-state index is -3.70. The van der Waals surface area contributed by atoms with Gasteiger partial charge < -0.3 is 5.11 Å². The van der Waals surface area contributed by atoms with Gasteiger partial charge in [0.25, 0.3) is 0 Å². The van der Waals surface area contributed by atoms with E-state index < -0.39 is 16.0 Å². The van der Waals surface area contributed by atoms with E-state index in [0.29, 0.717) is 12.1 Å². The van der Waals surface area contributed by atoms with Crippen LogP contribution in [-0.4, -0.2) is 36.9 Å². The molecule has 0 fully saturated rings. The summed E-state index contributed by atoms with van der Waals surface area (Å²) < 4.78 is 26.1. The van der Waals surface area contributed by atoms with Crippen molar-refractivity contribution in [3.63, 3.8) is 0 Å². The Morgan fingerprint density at radius 2 is 2.11 bits per heavy atom. The van der Waals surface area contributed by atoms with Crippen molar-refractivity contribution in [2.45, 2.75) is 18.7 Å². The average Bonchev–Trinajstić information content (AvgIpc) is 2.35. The Morgan fingerprint density at radius 3 is 2.58 bits per heavy atom. The molecule has 0 atom stereocenters. The number of hydrogen-bond acceptors (Lipinski definition) is 3. The largest absolute Gasteiger partial charge is 0.478 e. The fourth-order valence-electron chi connectivity index (χ4n) is 1.69. The van der Waals surface area contributed by atoms with Crippen LogP contribution in [0.1, 0.15) is 22.8 Å². The van der Waals surface area contributed by atoms with Gasteiger partial charge in [-0.3, -0.25) is 0 Å². The highest BCUT2D eigenvalue weighted by molar-refractivity contribution is 7.89. The molecule has 6 heteroatoms. The van der Waals surface area contributed by atoms with Crippen molar-refractivity contribution in [3.05, 3.63) is 42.0 Å². The van der Waals surface area contributed by atoms with Crippen molar-refractivity contribution in [3.8, 4) is 0 Å². The number of carbonyl (C=O) groups is 1. The first-order valence-electron chi connectivity index (χ1n) is 5.79. The van der Waals surface area contributed by atoms with Gasteiger partial charge in [0.2, 0.25) is 10.0 Å². The second kappa shape index (κ2) is 5.99. The van der Waals surface area contributed by atoms with Gasteiger partial charge in [0.05, 0.1) is 10.5 Å². The van der Waals surface area contributed by atoms with E-state index in [-0.39, 0.29) is 17.0 Å². The lowest BCUT2D eigenvalue weighted by Crippen LogP contribution is -2.31. The maximum atomic E-state index is 12.4. The van der Waals surface area contributed by atoms with Crippen LogP contribution < -0.4 is 0 Å². The summed E-state index contributed by atoms with van der Waals surface area (Å²) in [6.45, 7) is 7.37. The maximum Gasteiger partial charge on any atom is 0.335 e. The standard InChI is InChI=1S/C13H17NO4S/c1-4-8-14(5-2)19(17,18)12-9-11(13(15)16)7-6-10(12)3/h4,6-7,9H,1,5,8H2,2-3H3,(H,15,16). The molecule has 0 saturated heterocycles. The van der Waals surface area contributed by atoms with Gasteiger partial charge in [-0.15, -0.1) is 6.58 Å². The van der Waals surface area contributed by atoms with E-state index in [1.54, 1.807) is 13.8 Å². The molecule has 0 spiro atoms. The van der Waals surface area contributed by atoms with Crippen molar-refractivity contribution in [1.82, 2.24) is 4.31 Å². The summed E-state index contributed by atoms with van der Waals surface area (Å²) >= 11 is 0. The number of likely N-dealkylation sites (N-methyl/N-ethyl adjacent to an activating group) is 1. The highest BCUT2D eigenvalue weighted by Gasteiger charge is 2.24. The van der Waals surface area contributed by atoms with Crippen molar-refractivity contribution >= 4 is 16.0 Å². The Kier molecular flexibility index (Phi) is 4.85. The van der Waals surface area contributed by atoms with Crippen LogP contribution >= 0.6 is 0 Å². The topological polar surface area (TPSA) is 74.7 Å². The summed E-state index contributed by atoms with van der Waals surface area (Å²) in [4.78, 5) is 11.0. The van der Waals surface area contributed by atoms with Gasteiger partial charge in [-0.25, -0.2) is 13.2 Å². The van der Waals surface area contributed by atoms with Gasteiger partial charge in [0.1, 0.15) is 0 Å². The molecule has 0 aromatic heterocycles. The van der Waals surface area contributed by atoms with E-state index >= 15 is 0 Å². The third-order valence-electron chi connectivity index (χ3n) is 2.74. The molecule has 0 amide bonds. The number of rotatable bonds is 6. The summed E-state index contributed by atoms with van der Waals surface area (Å²) in [5.41, 5.74) is 0.478. The van der Waals surface area contributed by atoms with Crippen LogP contribution in [0.15, 0.2) is 35.7 Å². The van der Waals surface area contributed by atoms with Gasteiger partial charge >= 0.3 is 5.97 Å². The molecular formula is C13H17NO4S. The predicted octanol–water partition coefficient (Wildman–Crippen LogP) is 1.89. The van der Waals surface area contributed by atoms with Crippen LogP contribution in [0.3, 0.4) is 0 Å². The maximum absolute atomic E-state index is 12.4. The van der Waals surface area contributed by atoms with Crippen LogP contribution in [0.4, 0.5) is 0 Å². The molecule has 1 rings (SSSR count). The summed E-state index contributed by atoms with van der Waals surface area (Å²) in [5, 5.41) is 8.94. The Morgan fingerprint density at radius 1 is 1.47 bits per heavy atom. The summed E-state index contributed by atoms with van der Waals surface area (Å²) in [7, 11) is -3.70. The molecule has 0 aliphatic heterocycles. The van der Waals surface area contributed by atoms with E-state index in [2.05, 4.69) is 6.58 Å². The van der Waals surface area contributed by atoms with Crippen molar-refractivity contribution in [1.29, 1.82) is 0 Å². The third-order valence-corrected chi connectivity index (χ3v) is 4.82. The first-order valence-corrected chi connectivity index (χ1v) is 7.23. The number of carboxylic acids is 1. The number of aromatic carboxylic acids is 1. The van der Waals surface area contributed by atoms with Gasteiger partial charge in [0, 0.05) is 13.1 Å². The second-order valence-electron chi connectivity index (χ2n) is 4.03. The van der Waals surface area contributed by atoms with Crippen LogP contribution in [0.5, 0.6) is 0 Å². The second-order valence-corrected chi connectivity index (χ2v) is 5.94. The molecule has 1 N–H and O–H groups in total. The minimum Gasteiger partial charge on any atom is -0.478 e. The average molecular weight is 283 g/mol. The number of benzene rings is 1. The van der Waals surface area contributed by atoms with Gasteiger partial charge in [0.15, 0.2) is 0 Å². The lowest BCUT2D eigenvalue weighted by molar-refractivity contribution is 0.0696. The van der Waals surface area contributed by atoms with Gasteiger partial charge in [-0.1, -0.05) is 19.1 Å². The number of aryl methyl sites for hydroxylation is 1. The Bertz CT molecular complexity index is 593. The van der Waals surface area contributed by atoms with Crippen LogP contribution in [0.25, 0.3) is 0 Å². The Labute approximate surface area is 113 Å². The molecule has 0 unspecified atom stereocenters. The third kappa shape index (κ3) is 3.21.